The number of hydrogen-bond donors (Lipinski definition) is 1. The summed E-state index contributed by atoms with van der Waals surface area (Å²) < 4.78 is 23.9. The van der Waals surface area contributed by atoms with Crippen LogP contribution in [0.2, 0.25) is 0 Å². The van der Waals surface area contributed by atoms with Crippen LogP contribution >= 0.6 is 0 Å². The highest BCUT2D eigenvalue weighted by atomic mass is 32.2. The fourth-order valence-electron chi connectivity index (χ4n) is 3.21. The lowest BCUT2D eigenvalue weighted by molar-refractivity contribution is 0.0787. The van der Waals surface area contributed by atoms with E-state index in [0.29, 0.717) is 35.0 Å². The molecule has 1 amide bonds. The monoisotopic (exact) mass is 358 g/mol. The van der Waals surface area contributed by atoms with Gasteiger partial charge in [-0.2, -0.15) is 0 Å². The Balaban J connectivity index is 1.86. The van der Waals surface area contributed by atoms with Crippen LogP contribution in [0.25, 0.3) is 11.1 Å². The Labute approximate surface area is 148 Å². The standard InChI is InChI=1S/C19H22N2O3S/c1-25(23,24)18-5-3-2-4-17(18)15-6-8-16(9-7-15)19(22)21-11-10-14(12-20)13-21/h2-9,14H,10-13,20H2,1H3. The molecule has 1 fully saturated rings. The number of hydrogen-bond acceptors (Lipinski definition) is 4. The first-order chi connectivity index (χ1) is 11.9. The van der Waals surface area contributed by atoms with Crippen LogP contribution in [0.4, 0.5) is 0 Å². The fourth-order valence-corrected chi connectivity index (χ4v) is 4.12. The van der Waals surface area contributed by atoms with Crippen molar-refractivity contribution in [2.45, 2.75) is 11.3 Å². The molecule has 0 radical (unpaired) electrons. The molecule has 0 saturated carbocycles. The molecule has 0 aliphatic carbocycles. The molecule has 5 nitrogen and oxygen atoms in total. The lowest BCUT2D eigenvalue weighted by Gasteiger charge is -2.16. The third kappa shape index (κ3) is 3.75. The van der Waals surface area contributed by atoms with E-state index in [0.717, 1.165) is 18.5 Å². The predicted molar refractivity (Wildman–Crippen MR) is 98.1 cm³/mol. The van der Waals surface area contributed by atoms with Gasteiger partial charge in [0.15, 0.2) is 9.84 Å². The van der Waals surface area contributed by atoms with Crippen molar-refractivity contribution in [2.75, 3.05) is 25.9 Å². The second kappa shape index (κ2) is 6.98. The van der Waals surface area contributed by atoms with E-state index in [1.54, 1.807) is 48.5 Å². The summed E-state index contributed by atoms with van der Waals surface area (Å²) in [6.45, 7) is 2.04. The lowest BCUT2D eigenvalue weighted by atomic mass is 10.0. The van der Waals surface area contributed by atoms with Gasteiger partial charge in [-0.1, -0.05) is 30.3 Å². The zero-order valence-corrected chi connectivity index (χ0v) is 15.0. The van der Waals surface area contributed by atoms with Crippen molar-refractivity contribution in [3.05, 3.63) is 54.1 Å². The molecule has 0 bridgehead atoms. The zero-order valence-electron chi connectivity index (χ0n) is 14.2. The van der Waals surface area contributed by atoms with Crippen molar-refractivity contribution in [1.29, 1.82) is 0 Å². The largest absolute Gasteiger partial charge is 0.338 e. The molecule has 0 spiro atoms. The highest BCUT2D eigenvalue weighted by Crippen LogP contribution is 2.28. The van der Waals surface area contributed by atoms with Gasteiger partial charge in [-0.25, -0.2) is 8.42 Å². The highest BCUT2D eigenvalue weighted by Gasteiger charge is 2.26. The van der Waals surface area contributed by atoms with Gasteiger partial charge >= 0.3 is 0 Å². The minimum atomic E-state index is -3.32. The number of nitrogens with two attached hydrogens (primary N) is 1. The van der Waals surface area contributed by atoms with E-state index in [2.05, 4.69) is 0 Å². The van der Waals surface area contributed by atoms with E-state index in [9.17, 15) is 13.2 Å². The minimum absolute atomic E-state index is 0.00102. The van der Waals surface area contributed by atoms with Crippen LogP contribution in [-0.2, 0) is 9.84 Å². The predicted octanol–water partition coefficient (Wildman–Crippen LogP) is 2.18. The Morgan fingerprint density at radius 3 is 2.44 bits per heavy atom. The number of carbonyl (C=O) groups is 1. The van der Waals surface area contributed by atoms with Gasteiger partial charge in [0.2, 0.25) is 0 Å². The van der Waals surface area contributed by atoms with Crippen LogP contribution in [0.5, 0.6) is 0 Å². The number of amides is 1. The Morgan fingerprint density at radius 1 is 1.16 bits per heavy atom. The number of carbonyl (C=O) groups excluding carboxylic acids is 1. The zero-order chi connectivity index (χ0) is 18.0. The van der Waals surface area contributed by atoms with Gasteiger partial charge in [-0.15, -0.1) is 0 Å². The molecule has 2 aromatic carbocycles. The van der Waals surface area contributed by atoms with Crippen molar-refractivity contribution in [3.63, 3.8) is 0 Å². The summed E-state index contributed by atoms with van der Waals surface area (Å²) in [6.07, 6.45) is 2.15. The summed E-state index contributed by atoms with van der Waals surface area (Å²) in [7, 11) is -3.32. The van der Waals surface area contributed by atoms with E-state index in [1.165, 1.54) is 6.26 Å². The Kier molecular flexibility index (Phi) is 4.92. The molecular weight excluding hydrogens is 336 g/mol. The number of benzene rings is 2. The van der Waals surface area contributed by atoms with E-state index in [1.807, 2.05) is 4.90 Å². The summed E-state index contributed by atoms with van der Waals surface area (Å²) in [5.41, 5.74) is 7.71. The Hall–Kier alpha value is -2.18. The highest BCUT2D eigenvalue weighted by molar-refractivity contribution is 7.90. The molecule has 1 aliphatic rings. The van der Waals surface area contributed by atoms with Gasteiger partial charge in [-0.05, 0) is 42.6 Å². The SMILES string of the molecule is CS(=O)(=O)c1ccccc1-c1ccc(C(=O)N2CCC(CN)C2)cc1. The number of nitrogens with zero attached hydrogens (tertiary/aromatic N) is 1. The molecule has 3 rings (SSSR count). The van der Waals surface area contributed by atoms with Crippen molar-refractivity contribution in [2.24, 2.45) is 11.7 Å². The summed E-state index contributed by atoms with van der Waals surface area (Å²) in [5.74, 6) is 0.378. The van der Waals surface area contributed by atoms with E-state index in [-0.39, 0.29) is 5.91 Å². The molecule has 1 unspecified atom stereocenters. The maximum Gasteiger partial charge on any atom is 0.253 e. The average Bonchev–Trinajstić information content (AvgIpc) is 3.10. The van der Waals surface area contributed by atoms with E-state index in [4.69, 9.17) is 5.73 Å². The van der Waals surface area contributed by atoms with Crippen LogP contribution in [0.3, 0.4) is 0 Å². The van der Waals surface area contributed by atoms with Gasteiger partial charge < -0.3 is 10.6 Å². The van der Waals surface area contributed by atoms with Crippen LogP contribution < -0.4 is 5.73 Å². The number of likely N-dealkylation sites (tertiary alicyclic amines) is 1. The normalized spacial score (nSPS) is 17.7. The van der Waals surface area contributed by atoms with Gasteiger partial charge in [0.05, 0.1) is 4.90 Å². The second-order valence-corrected chi connectivity index (χ2v) is 8.47. The van der Waals surface area contributed by atoms with Crippen molar-refractivity contribution in [3.8, 4) is 11.1 Å². The van der Waals surface area contributed by atoms with Crippen molar-refractivity contribution < 1.29 is 13.2 Å². The first-order valence-electron chi connectivity index (χ1n) is 8.29. The molecule has 2 aromatic rings. The Bertz CT molecular complexity index is 876. The number of sulfone groups is 1. The molecule has 1 atom stereocenters. The third-order valence-electron chi connectivity index (χ3n) is 4.64. The molecule has 1 heterocycles. The number of rotatable bonds is 4. The van der Waals surface area contributed by atoms with Crippen LogP contribution in [0, 0.1) is 5.92 Å². The van der Waals surface area contributed by atoms with Crippen molar-refractivity contribution in [1.82, 2.24) is 4.90 Å². The Morgan fingerprint density at radius 2 is 1.84 bits per heavy atom. The average molecular weight is 358 g/mol. The van der Waals surface area contributed by atoms with Crippen LogP contribution in [0.1, 0.15) is 16.8 Å². The van der Waals surface area contributed by atoms with E-state index < -0.39 is 9.84 Å². The van der Waals surface area contributed by atoms with Crippen LogP contribution in [0.15, 0.2) is 53.4 Å². The molecule has 1 saturated heterocycles. The molecule has 0 aromatic heterocycles. The smallest absolute Gasteiger partial charge is 0.253 e. The lowest BCUT2D eigenvalue weighted by Crippen LogP contribution is -2.29. The van der Waals surface area contributed by atoms with Crippen molar-refractivity contribution >= 4 is 15.7 Å². The maximum absolute atomic E-state index is 12.6. The maximum atomic E-state index is 12.6. The molecule has 2 N–H and O–H groups in total. The topological polar surface area (TPSA) is 80.5 Å². The molecule has 132 valence electrons. The summed E-state index contributed by atoms with van der Waals surface area (Å²) in [5, 5.41) is 0. The quantitative estimate of drug-likeness (QED) is 0.908. The van der Waals surface area contributed by atoms with Gasteiger partial charge in [0.25, 0.3) is 5.91 Å². The second-order valence-electron chi connectivity index (χ2n) is 6.49. The van der Waals surface area contributed by atoms with Gasteiger partial charge in [-0.3, -0.25) is 4.79 Å². The third-order valence-corrected chi connectivity index (χ3v) is 5.79. The first kappa shape index (κ1) is 17.6. The van der Waals surface area contributed by atoms with E-state index >= 15 is 0 Å². The summed E-state index contributed by atoms with van der Waals surface area (Å²) in [6, 6.07) is 14.0. The summed E-state index contributed by atoms with van der Waals surface area (Å²) >= 11 is 0. The van der Waals surface area contributed by atoms with Crippen LogP contribution in [-0.4, -0.2) is 45.1 Å². The molecule has 25 heavy (non-hydrogen) atoms. The molecule has 1 aliphatic heterocycles. The van der Waals surface area contributed by atoms with Gasteiger partial charge in [0, 0.05) is 30.5 Å². The molecular formula is C19H22N2O3S. The first-order valence-corrected chi connectivity index (χ1v) is 10.2. The minimum Gasteiger partial charge on any atom is -0.338 e. The molecule has 6 heteroatoms. The summed E-state index contributed by atoms with van der Waals surface area (Å²) in [4.78, 5) is 14.7. The van der Waals surface area contributed by atoms with Gasteiger partial charge in [0.1, 0.15) is 0 Å². The fraction of sp³-hybridized carbons (Fsp3) is 0.316.